The van der Waals surface area contributed by atoms with E-state index in [2.05, 4.69) is 6.92 Å². The fourth-order valence-electron chi connectivity index (χ4n) is 4.07. The predicted octanol–water partition coefficient (Wildman–Crippen LogP) is 6.07. The molecule has 0 atom stereocenters. The van der Waals surface area contributed by atoms with E-state index < -0.39 is 0 Å². The van der Waals surface area contributed by atoms with Crippen molar-refractivity contribution in [3.05, 3.63) is 24.3 Å². The summed E-state index contributed by atoms with van der Waals surface area (Å²) in [5.41, 5.74) is 6.36. The van der Waals surface area contributed by atoms with Crippen molar-refractivity contribution in [2.24, 2.45) is 0 Å². The minimum atomic E-state index is 0.487. The Kier molecular flexibility index (Phi) is 29.8. The molecular weight excluding hydrogens is 538 g/mol. The van der Waals surface area contributed by atoms with E-state index in [1.807, 2.05) is 24.3 Å². The zero-order chi connectivity index (χ0) is 30.0. The third kappa shape index (κ3) is 28.6. The average Bonchev–Trinajstić information content (AvgIpc) is 3.00. The number of benzene rings is 1. The van der Waals surface area contributed by atoms with E-state index in [-0.39, 0.29) is 0 Å². The lowest BCUT2D eigenvalue weighted by molar-refractivity contribution is -0.0213. The van der Waals surface area contributed by atoms with Crippen LogP contribution < -0.4 is 10.5 Å². The molecule has 0 aliphatic carbocycles. The van der Waals surface area contributed by atoms with Crippen LogP contribution in [0.25, 0.3) is 0 Å². The van der Waals surface area contributed by atoms with Gasteiger partial charge in [0.2, 0.25) is 0 Å². The molecule has 9 nitrogen and oxygen atoms in total. The second kappa shape index (κ2) is 32.5. The van der Waals surface area contributed by atoms with Gasteiger partial charge in [-0.05, 0) is 30.7 Å². The van der Waals surface area contributed by atoms with Gasteiger partial charge in [0.25, 0.3) is 0 Å². The Labute approximate surface area is 256 Å². The van der Waals surface area contributed by atoms with E-state index in [1.54, 1.807) is 0 Å². The van der Waals surface area contributed by atoms with Crippen LogP contribution >= 0.6 is 0 Å². The molecule has 0 unspecified atom stereocenters. The van der Waals surface area contributed by atoms with Gasteiger partial charge in [-0.2, -0.15) is 0 Å². The fraction of sp³-hybridized carbons (Fsp3) is 0.818. The predicted molar refractivity (Wildman–Crippen MR) is 169 cm³/mol. The van der Waals surface area contributed by atoms with Crippen molar-refractivity contribution in [2.75, 3.05) is 105 Å². The topological polar surface area (TPSA) is 99.9 Å². The van der Waals surface area contributed by atoms with E-state index in [1.165, 1.54) is 64.2 Å². The highest BCUT2D eigenvalue weighted by Crippen LogP contribution is 2.13. The molecule has 9 heteroatoms. The van der Waals surface area contributed by atoms with Gasteiger partial charge in [-0.15, -0.1) is 0 Å². The fourth-order valence-corrected chi connectivity index (χ4v) is 4.07. The molecule has 0 aliphatic rings. The first-order chi connectivity index (χ1) is 20.8. The normalized spacial score (nSPS) is 11.4. The number of ether oxygens (including phenoxy) is 8. The zero-order valence-electron chi connectivity index (χ0n) is 26.5. The van der Waals surface area contributed by atoms with Crippen LogP contribution in [0.2, 0.25) is 0 Å². The second-order valence-electron chi connectivity index (χ2n) is 10.2. The van der Waals surface area contributed by atoms with Crippen molar-refractivity contribution in [1.29, 1.82) is 0 Å². The zero-order valence-corrected chi connectivity index (χ0v) is 26.5. The highest BCUT2D eigenvalue weighted by atomic mass is 16.6. The highest BCUT2D eigenvalue weighted by molar-refractivity contribution is 5.41. The first kappa shape index (κ1) is 38.6. The van der Waals surface area contributed by atoms with Crippen LogP contribution in [0, 0.1) is 0 Å². The van der Waals surface area contributed by atoms with Crippen LogP contribution in [0.4, 0.5) is 5.69 Å². The van der Waals surface area contributed by atoms with E-state index in [9.17, 15) is 0 Å². The molecule has 1 aromatic carbocycles. The van der Waals surface area contributed by atoms with E-state index in [0.29, 0.717) is 92.5 Å². The Morgan fingerprint density at radius 1 is 0.381 bits per heavy atom. The molecule has 0 radical (unpaired) electrons. The Bertz CT molecular complexity index is 649. The molecule has 246 valence electrons. The summed E-state index contributed by atoms with van der Waals surface area (Å²) in [6, 6.07) is 7.30. The maximum Gasteiger partial charge on any atom is 0.119 e. The lowest BCUT2D eigenvalue weighted by Gasteiger charge is -2.09. The lowest BCUT2D eigenvalue weighted by Crippen LogP contribution is -2.15. The van der Waals surface area contributed by atoms with Gasteiger partial charge >= 0.3 is 0 Å². The quantitative estimate of drug-likeness (QED) is 0.0747. The van der Waals surface area contributed by atoms with Gasteiger partial charge in [-0.3, -0.25) is 0 Å². The van der Waals surface area contributed by atoms with Gasteiger partial charge in [0.1, 0.15) is 12.4 Å². The molecule has 2 N–H and O–H groups in total. The molecular formula is C33H61NO8. The van der Waals surface area contributed by atoms with Crippen LogP contribution in [0.5, 0.6) is 5.75 Å². The highest BCUT2D eigenvalue weighted by Gasteiger charge is 1.97. The monoisotopic (exact) mass is 599 g/mol. The van der Waals surface area contributed by atoms with E-state index in [4.69, 9.17) is 43.6 Å². The number of rotatable bonds is 34. The van der Waals surface area contributed by atoms with Gasteiger partial charge in [0, 0.05) is 12.3 Å². The first-order valence-electron chi connectivity index (χ1n) is 16.4. The maximum atomic E-state index is 5.65. The molecule has 42 heavy (non-hydrogen) atoms. The number of hydrogen-bond acceptors (Lipinski definition) is 9. The second-order valence-corrected chi connectivity index (χ2v) is 10.2. The molecule has 0 aliphatic heterocycles. The number of nitrogen functional groups attached to an aromatic ring is 1. The summed E-state index contributed by atoms with van der Waals surface area (Å²) in [6.07, 6.45) is 14.9. The summed E-state index contributed by atoms with van der Waals surface area (Å²) in [4.78, 5) is 0. The van der Waals surface area contributed by atoms with Crippen molar-refractivity contribution in [1.82, 2.24) is 0 Å². The summed E-state index contributed by atoms with van der Waals surface area (Å²) in [6.45, 7) is 10.8. The van der Waals surface area contributed by atoms with Crippen LogP contribution in [0.3, 0.4) is 0 Å². The van der Waals surface area contributed by atoms with E-state index >= 15 is 0 Å². The molecule has 1 aromatic rings. The van der Waals surface area contributed by atoms with Crippen molar-refractivity contribution >= 4 is 5.69 Å². The van der Waals surface area contributed by atoms with Crippen molar-refractivity contribution in [2.45, 2.75) is 77.6 Å². The SMILES string of the molecule is CCCCCCCCCCCCCOCCOCCOCCOCCOCCOCCOCCOc1ccc(N)cc1. The molecule has 0 aromatic heterocycles. The average molecular weight is 600 g/mol. The number of unbranched alkanes of at least 4 members (excludes halogenated alkanes) is 10. The maximum absolute atomic E-state index is 5.65. The molecule has 0 fully saturated rings. The molecule has 0 saturated carbocycles. The summed E-state index contributed by atoms with van der Waals surface area (Å²) in [7, 11) is 0. The summed E-state index contributed by atoms with van der Waals surface area (Å²) in [5, 5.41) is 0. The molecule has 0 saturated heterocycles. The standard InChI is InChI=1S/C33H61NO8/c1-2-3-4-5-6-7-8-9-10-11-12-17-35-18-19-36-20-21-37-22-23-38-24-25-39-26-27-40-28-29-41-30-31-42-33-15-13-32(34)14-16-33/h13-16H,2-12,17-31,34H2,1H3. The van der Waals surface area contributed by atoms with Gasteiger partial charge < -0.3 is 43.6 Å². The minimum Gasteiger partial charge on any atom is -0.491 e. The van der Waals surface area contributed by atoms with Crippen LogP contribution in [-0.4, -0.2) is 99.1 Å². The Morgan fingerprint density at radius 2 is 0.690 bits per heavy atom. The van der Waals surface area contributed by atoms with Crippen molar-refractivity contribution < 1.29 is 37.9 Å². The molecule has 0 spiro atoms. The van der Waals surface area contributed by atoms with Crippen molar-refractivity contribution in [3.63, 3.8) is 0 Å². The Hall–Kier alpha value is -1.46. The molecule has 0 heterocycles. The number of nitrogens with two attached hydrogens (primary N) is 1. The molecule has 0 bridgehead atoms. The van der Waals surface area contributed by atoms with Gasteiger partial charge in [0.05, 0.1) is 85.9 Å². The summed E-state index contributed by atoms with van der Waals surface area (Å²) < 4.78 is 44.2. The largest absolute Gasteiger partial charge is 0.491 e. The third-order valence-corrected chi connectivity index (χ3v) is 6.50. The number of hydrogen-bond donors (Lipinski definition) is 1. The van der Waals surface area contributed by atoms with Crippen molar-refractivity contribution in [3.8, 4) is 5.75 Å². The first-order valence-corrected chi connectivity index (χ1v) is 16.4. The van der Waals surface area contributed by atoms with Gasteiger partial charge in [-0.25, -0.2) is 0 Å². The summed E-state index contributed by atoms with van der Waals surface area (Å²) in [5.74, 6) is 0.781. The van der Waals surface area contributed by atoms with Crippen LogP contribution in [0.1, 0.15) is 77.6 Å². The smallest absolute Gasteiger partial charge is 0.119 e. The Balaban J connectivity index is 1.63. The lowest BCUT2D eigenvalue weighted by atomic mass is 10.1. The van der Waals surface area contributed by atoms with Gasteiger partial charge in [-0.1, -0.05) is 71.1 Å². The van der Waals surface area contributed by atoms with E-state index in [0.717, 1.165) is 24.5 Å². The van der Waals surface area contributed by atoms with Crippen LogP contribution in [0.15, 0.2) is 24.3 Å². The molecule has 0 amide bonds. The minimum absolute atomic E-state index is 0.487. The van der Waals surface area contributed by atoms with Gasteiger partial charge in [0.15, 0.2) is 0 Å². The third-order valence-electron chi connectivity index (χ3n) is 6.50. The summed E-state index contributed by atoms with van der Waals surface area (Å²) >= 11 is 0. The molecule has 1 rings (SSSR count). The number of anilines is 1. The Morgan fingerprint density at radius 3 is 1.07 bits per heavy atom. The van der Waals surface area contributed by atoms with Crippen LogP contribution in [-0.2, 0) is 33.2 Å².